The number of amides is 1. The van der Waals surface area contributed by atoms with Gasteiger partial charge in [0.2, 0.25) is 15.9 Å². The standard InChI is InChI=1S/C19H20N4O3S2/c1-2-22-17-8-7-14(28(20,25)26)11-15(17)21-19(22)27-12-18(24)23-10-9-13-5-3-4-6-16(13)23/h3-8,11H,2,9-10,12H2,1H3,(H2,20,25,26). The molecule has 9 heteroatoms. The summed E-state index contributed by atoms with van der Waals surface area (Å²) in [6, 6.07) is 12.6. The first-order valence-electron chi connectivity index (χ1n) is 8.92. The monoisotopic (exact) mass is 416 g/mol. The topological polar surface area (TPSA) is 98.3 Å². The SMILES string of the molecule is CCn1c(SCC(=O)N2CCc3ccccc32)nc2cc(S(N)(=O)=O)ccc21. The zero-order chi connectivity index (χ0) is 19.9. The van der Waals surface area contributed by atoms with Crippen LogP contribution < -0.4 is 10.0 Å². The molecule has 0 radical (unpaired) electrons. The van der Waals surface area contributed by atoms with Gasteiger partial charge in [-0.15, -0.1) is 0 Å². The molecule has 3 aromatic rings. The molecule has 146 valence electrons. The molecule has 0 unspecified atom stereocenters. The zero-order valence-electron chi connectivity index (χ0n) is 15.3. The number of nitrogens with two attached hydrogens (primary N) is 1. The van der Waals surface area contributed by atoms with Crippen molar-refractivity contribution in [3.63, 3.8) is 0 Å². The van der Waals surface area contributed by atoms with Gasteiger partial charge in [0.1, 0.15) is 0 Å². The Morgan fingerprint density at radius 3 is 2.79 bits per heavy atom. The molecule has 28 heavy (non-hydrogen) atoms. The molecule has 0 bridgehead atoms. The molecule has 0 fully saturated rings. The summed E-state index contributed by atoms with van der Waals surface area (Å²) in [4.78, 5) is 19.1. The van der Waals surface area contributed by atoms with Crippen molar-refractivity contribution in [3.05, 3.63) is 48.0 Å². The van der Waals surface area contributed by atoms with Crippen LogP contribution in [-0.2, 0) is 27.8 Å². The fraction of sp³-hybridized carbons (Fsp3) is 0.263. The van der Waals surface area contributed by atoms with Gasteiger partial charge in [0.05, 0.1) is 21.7 Å². The minimum atomic E-state index is -3.79. The van der Waals surface area contributed by atoms with Crippen LogP contribution in [0.15, 0.2) is 52.5 Å². The normalized spacial score (nSPS) is 13.9. The Balaban J connectivity index is 1.57. The second-order valence-electron chi connectivity index (χ2n) is 6.55. The molecule has 7 nitrogen and oxygen atoms in total. The van der Waals surface area contributed by atoms with Crippen molar-refractivity contribution in [2.45, 2.75) is 29.9 Å². The highest BCUT2D eigenvalue weighted by atomic mass is 32.2. The summed E-state index contributed by atoms with van der Waals surface area (Å²) in [5.74, 6) is 0.301. The minimum absolute atomic E-state index is 0.0297. The minimum Gasteiger partial charge on any atom is -0.319 e. The molecule has 1 aliphatic heterocycles. The number of carbonyl (C=O) groups excluding carboxylic acids is 1. The molecule has 1 aliphatic rings. The van der Waals surface area contributed by atoms with Crippen LogP contribution in [0.3, 0.4) is 0 Å². The number of aryl methyl sites for hydroxylation is 1. The van der Waals surface area contributed by atoms with E-state index in [1.807, 2.05) is 34.6 Å². The van der Waals surface area contributed by atoms with Crippen LogP contribution in [0, 0.1) is 0 Å². The predicted octanol–water partition coefficient (Wildman–Crippen LogP) is 2.39. The van der Waals surface area contributed by atoms with Gasteiger partial charge in [-0.05, 0) is 43.2 Å². The first kappa shape index (κ1) is 19.0. The Hall–Kier alpha value is -2.36. The van der Waals surface area contributed by atoms with E-state index in [0.29, 0.717) is 23.8 Å². The van der Waals surface area contributed by atoms with Crippen molar-refractivity contribution in [3.8, 4) is 0 Å². The summed E-state index contributed by atoms with van der Waals surface area (Å²) >= 11 is 1.36. The third kappa shape index (κ3) is 3.41. The first-order chi connectivity index (χ1) is 13.4. The number of benzene rings is 2. The quantitative estimate of drug-likeness (QED) is 0.644. The number of primary sulfonamides is 1. The molecule has 0 aliphatic carbocycles. The maximum atomic E-state index is 12.8. The molecule has 1 amide bonds. The van der Waals surface area contributed by atoms with Crippen molar-refractivity contribution in [2.24, 2.45) is 5.14 Å². The number of para-hydroxylation sites is 1. The maximum Gasteiger partial charge on any atom is 0.238 e. The summed E-state index contributed by atoms with van der Waals surface area (Å²) in [7, 11) is -3.79. The van der Waals surface area contributed by atoms with Crippen molar-refractivity contribution < 1.29 is 13.2 Å². The molecule has 0 saturated carbocycles. The Labute approximate surface area is 167 Å². The number of sulfonamides is 1. The molecule has 2 N–H and O–H groups in total. The molecule has 0 atom stereocenters. The largest absolute Gasteiger partial charge is 0.319 e. The average Bonchev–Trinajstić information content (AvgIpc) is 3.25. The van der Waals surface area contributed by atoms with Gasteiger partial charge in [-0.1, -0.05) is 30.0 Å². The highest BCUT2D eigenvalue weighted by Gasteiger charge is 2.24. The van der Waals surface area contributed by atoms with E-state index in [2.05, 4.69) is 11.1 Å². The van der Waals surface area contributed by atoms with Crippen LogP contribution >= 0.6 is 11.8 Å². The number of hydrogen-bond acceptors (Lipinski definition) is 5. The molecule has 2 heterocycles. The van der Waals surface area contributed by atoms with Gasteiger partial charge in [-0.2, -0.15) is 0 Å². The van der Waals surface area contributed by atoms with E-state index in [0.717, 1.165) is 17.6 Å². The van der Waals surface area contributed by atoms with Gasteiger partial charge in [-0.3, -0.25) is 4.79 Å². The number of imidazole rings is 1. The molecule has 2 aromatic carbocycles. The van der Waals surface area contributed by atoms with Crippen molar-refractivity contribution in [2.75, 3.05) is 17.2 Å². The Bertz CT molecular complexity index is 1170. The Morgan fingerprint density at radius 1 is 1.25 bits per heavy atom. The number of nitrogens with zero attached hydrogens (tertiary/aromatic N) is 3. The van der Waals surface area contributed by atoms with Crippen LogP contribution in [0.1, 0.15) is 12.5 Å². The van der Waals surface area contributed by atoms with Crippen LogP contribution in [0.4, 0.5) is 5.69 Å². The highest BCUT2D eigenvalue weighted by molar-refractivity contribution is 7.99. The Kier molecular flexibility index (Phi) is 4.90. The van der Waals surface area contributed by atoms with E-state index in [1.165, 1.54) is 29.5 Å². The van der Waals surface area contributed by atoms with Crippen molar-refractivity contribution >= 4 is 44.4 Å². The second kappa shape index (κ2) is 7.23. The lowest BCUT2D eigenvalue weighted by atomic mass is 10.2. The number of aromatic nitrogens is 2. The zero-order valence-corrected chi connectivity index (χ0v) is 17.0. The molecule has 4 rings (SSSR count). The summed E-state index contributed by atoms with van der Waals surface area (Å²) < 4.78 is 25.1. The second-order valence-corrected chi connectivity index (χ2v) is 9.05. The van der Waals surface area contributed by atoms with Gasteiger partial charge in [-0.25, -0.2) is 18.5 Å². The lowest BCUT2D eigenvalue weighted by molar-refractivity contribution is -0.116. The van der Waals surface area contributed by atoms with Gasteiger partial charge >= 0.3 is 0 Å². The average molecular weight is 417 g/mol. The number of anilines is 1. The number of thioether (sulfide) groups is 1. The van der Waals surface area contributed by atoms with Gasteiger partial charge in [0.25, 0.3) is 0 Å². The fourth-order valence-electron chi connectivity index (χ4n) is 3.48. The van der Waals surface area contributed by atoms with E-state index >= 15 is 0 Å². The van der Waals surface area contributed by atoms with E-state index < -0.39 is 10.0 Å². The van der Waals surface area contributed by atoms with Gasteiger partial charge in [0, 0.05) is 18.8 Å². The molecular formula is C19H20N4O3S2. The van der Waals surface area contributed by atoms with Gasteiger partial charge in [0.15, 0.2) is 5.16 Å². The van der Waals surface area contributed by atoms with Crippen molar-refractivity contribution in [1.29, 1.82) is 0 Å². The third-order valence-corrected chi connectivity index (χ3v) is 6.71. The number of rotatable bonds is 5. The summed E-state index contributed by atoms with van der Waals surface area (Å²) in [5.41, 5.74) is 3.54. The molecule has 1 aromatic heterocycles. The van der Waals surface area contributed by atoms with E-state index in [9.17, 15) is 13.2 Å². The van der Waals surface area contributed by atoms with Crippen LogP contribution in [0.5, 0.6) is 0 Å². The Morgan fingerprint density at radius 2 is 2.04 bits per heavy atom. The summed E-state index contributed by atoms with van der Waals surface area (Å²) in [5, 5.41) is 5.90. The van der Waals surface area contributed by atoms with E-state index in [-0.39, 0.29) is 16.6 Å². The third-order valence-electron chi connectivity index (χ3n) is 4.84. The fourth-order valence-corrected chi connectivity index (χ4v) is 4.97. The number of hydrogen-bond donors (Lipinski definition) is 1. The van der Waals surface area contributed by atoms with Gasteiger partial charge < -0.3 is 9.47 Å². The summed E-state index contributed by atoms with van der Waals surface area (Å²) in [6.07, 6.45) is 0.871. The molecule has 0 saturated heterocycles. The highest BCUT2D eigenvalue weighted by Crippen LogP contribution is 2.30. The number of carbonyl (C=O) groups is 1. The first-order valence-corrected chi connectivity index (χ1v) is 11.5. The van der Waals surface area contributed by atoms with E-state index in [4.69, 9.17) is 5.14 Å². The lowest BCUT2D eigenvalue weighted by Crippen LogP contribution is -2.30. The predicted molar refractivity (Wildman–Crippen MR) is 110 cm³/mol. The molecule has 0 spiro atoms. The lowest BCUT2D eigenvalue weighted by Gasteiger charge is -2.17. The summed E-state index contributed by atoms with van der Waals surface area (Å²) in [6.45, 7) is 3.34. The van der Waals surface area contributed by atoms with Crippen LogP contribution in [0.25, 0.3) is 11.0 Å². The molecular weight excluding hydrogens is 396 g/mol. The maximum absolute atomic E-state index is 12.8. The van der Waals surface area contributed by atoms with Crippen molar-refractivity contribution in [1.82, 2.24) is 9.55 Å². The van der Waals surface area contributed by atoms with Crippen LogP contribution in [-0.4, -0.2) is 36.2 Å². The smallest absolute Gasteiger partial charge is 0.238 e. The van der Waals surface area contributed by atoms with Crippen LogP contribution in [0.2, 0.25) is 0 Å². The van der Waals surface area contributed by atoms with E-state index in [1.54, 1.807) is 6.07 Å². The number of fused-ring (bicyclic) bond motifs is 2.